The van der Waals surface area contributed by atoms with Crippen molar-refractivity contribution in [3.8, 4) is 11.3 Å². The molecule has 0 aliphatic heterocycles. The van der Waals surface area contributed by atoms with Gasteiger partial charge in [-0.05, 0) is 42.2 Å². The van der Waals surface area contributed by atoms with Gasteiger partial charge in [-0.2, -0.15) is 0 Å². The molecule has 0 saturated heterocycles. The van der Waals surface area contributed by atoms with Gasteiger partial charge in [0, 0.05) is 16.6 Å². The molecule has 0 spiro atoms. The van der Waals surface area contributed by atoms with Crippen molar-refractivity contribution in [2.45, 2.75) is 12.8 Å². The van der Waals surface area contributed by atoms with Crippen molar-refractivity contribution in [2.75, 3.05) is 5.32 Å². The average Bonchev–Trinajstić information content (AvgIpc) is 2.72. The van der Waals surface area contributed by atoms with Crippen LogP contribution < -0.4 is 5.32 Å². The van der Waals surface area contributed by atoms with Crippen LogP contribution in [-0.4, -0.2) is 10.9 Å². The highest BCUT2D eigenvalue weighted by Crippen LogP contribution is 2.37. The lowest BCUT2D eigenvalue weighted by atomic mass is 9.85. The van der Waals surface area contributed by atoms with Gasteiger partial charge in [0.05, 0.1) is 16.8 Å². The van der Waals surface area contributed by atoms with Crippen LogP contribution in [-0.2, 0) is 12.8 Å². The molecule has 3 nitrogen and oxygen atoms in total. The standard InChI is InChI=1S/C24H18N2O/c27-24(25-17-9-2-1-3-10-17)22-19-12-6-7-13-21(19)26-23-18-11-5-4-8-16(18)14-15-20(22)23/h1-13H,14-15H2,(H,25,27). The molecule has 1 aromatic heterocycles. The summed E-state index contributed by atoms with van der Waals surface area (Å²) in [5.74, 6) is -0.0737. The van der Waals surface area contributed by atoms with E-state index in [1.165, 1.54) is 5.56 Å². The third-order valence-corrected chi connectivity index (χ3v) is 5.17. The molecule has 4 aromatic rings. The smallest absolute Gasteiger partial charge is 0.256 e. The quantitative estimate of drug-likeness (QED) is 0.536. The number of fused-ring (bicyclic) bond motifs is 4. The molecule has 0 bridgehead atoms. The molecule has 27 heavy (non-hydrogen) atoms. The first kappa shape index (κ1) is 15.8. The number of carbonyl (C=O) groups excluding carboxylic acids is 1. The van der Waals surface area contributed by atoms with Crippen LogP contribution in [0.15, 0.2) is 78.9 Å². The zero-order valence-corrected chi connectivity index (χ0v) is 14.8. The zero-order valence-electron chi connectivity index (χ0n) is 14.8. The van der Waals surface area contributed by atoms with E-state index in [2.05, 4.69) is 23.5 Å². The first-order valence-electron chi connectivity index (χ1n) is 9.17. The zero-order chi connectivity index (χ0) is 18.2. The van der Waals surface area contributed by atoms with Crippen LogP contribution in [0.1, 0.15) is 21.5 Å². The lowest BCUT2D eigenvalue weighted by Gasteiger charge is -2.23. The van der Waals surface area contributed by atoms with Crippen LogP contribution in [0, 0.1) is 0 Å². The fourth-order valence-corrected chi connectivity index (χ4v) is 3.92. The van der Waals surface area contributed by atoms with Gasteiger partial charge >= 0.3 is 0 Å². The second kappa shape index (κ2) is 6.36. The number of aryl methyl sites for hydroxylation is 1. The molecule has 0 radical (unpaired) electrons. The summed E-state index contributed by atoms with van der Waals surface area (Å²) in [6.07, 6.45) is 1.75. The summed E-state index contributed by atoms with van der Waals surface area (Å²) in [6, 6.07) is 25.9. The van der Waals surface area contributed by atoms with E-state index in [-0.39, 0.29) is 5.91 Å². The van der Waals surface area contributed by atoms with E-state index in [1.807, 2.05) is 60.7 Å². The van der Waals surface area contributed by atoms with Gasteiger partial charge in [0.2, 0.25) is 0 Å². The molecule has 0 unspecified atom stereocenters. The average molecular weight is 350 g/mol. The summed E-state index contributed by atoms with van der Waals surface area (Å²) in [6.45, 7) is 0. The maximum atomic E-state index is 13.3. The van der Waals surface area contributed by atoms with Crippen molar-refractivity contribution in [3.05, 3.63) is 95.6 Å². The van der Waals surface area contributed by atoms with Crippen molar-refractivity contribution in [2.24, 2.45) is 0 Å². The van der Waals surface area contributed by atoms with Crippen LogP contribution in [0.5, 0.6) is 0 Å². The van der Waals surface area contributed by atoms with E-state index in [0.717, 1.165) is 51.8 Å². The van der Waals surface area contributed by atoms with Crippen LogP contribution >= 0.6 is 0 Å². The Bertz CT molecular complexity index is 1170. The maximum Gasteiger partial charge on any atom is 0.256 e. The predicted octanol–water partition coefficient (Wildman–Crippen LogP) is 5.25. The minimum absolute atomic E-state index is 0.0737. The van der Waals surface area contributed by atoms with Gasteiger partial charge in [0.25, 0.3) is 5.91 Å². The van der Waals surface area contributed by atoms with Crippen LogP contribution in [0.3, 0.4) is 0 Å². The summed E-state index contributed by atoms with van der Waals surface area (Å²) < 4.78 is 0. The number of rotatable bonds is 2. The number of benzene rings is 3. The van der Waals surface area contributed by atoms with Gasteiger partial charge in [0.1, 0.15) is 0 Å². The molecule has 1 N–H and O–H groups in total. The van der Waals surface area contributed by atoms with E-state index >= 15 is 0 Å². The Morgan fingerprint density at radius 3 is 2.44 bits per heavy atom. The molecule has 3 heteroatoms. The highest BCUT2D eigenvalue weighted by molar-refractivity contribution is 6.14. The van der Waals surface area contributed by atoms with Gasteiger partial charge in [-0.3, -0.25) is 4.79 Å². The molecule has 5 rings (SSSR count). The summed E-state index contributed by atoms with van der Waals surface area (Å²) in [5, 5.41) is 3.96. The van der Waals surface area contributed by atoms with Crippen molar-refractivity contribution in [3.63, 3.8) is 0 Å². The van der Waals surface area contributed by atoms with Crippen molar-refractivity contribution >= 4 is 22.5 Å². The minimum Gasteiger partial charge on any atom is -0.322 e. The fourth-order valence-electron chi connectivity index (χ4n) is 3.92. The summed E-state index contributed by atoms with van der Waals surface area (Å²) >= 11 is 0. The van der Waals surface area contributed by atoms with Gasteiger partial charge in [-0.25, -0.2) is 4.98 Å². The number of hydrogen-bond acceptors (Lipinski definition) is 2. The molecule has 1 aliphatic rings. The van der Waals surface area contributed by atoms with Crippen molar-refractivity contribution in [1.82, 2.24) is 4.98 Å². The third kappa shape index (κ3) is 2.68. The topological polar surface area (TPSA) is 42.0 Å². The van der Waals surface area contributed by atoms with E-state index in [4.69, 9.17) is 4.98 Å². The molecular weight excluding hydrogens is 332 g/mol. The van der Waals surface area contributed by atoms with Crippen molar-refractivity contribution in [1.29, 1.82) is 0 Å². The number of carbonyl (C=O) groups is 1. The Hall–Kier alpha value is -3.46. The Labute approximate surface area is 157 Å². The third-order valence-electron chi connectivity index (χ3n) is 5.17. The number of nitrogens with zero attached hydrogens (tertiary/aromatic N) is 1. The van der Waals surface area contributed by atoms with Gasteiger partial charge < -0.3 is 5.32 Å². The lowest BCUT2D eigenvalue weighted by Crippen LogP contribution is -2.18. The number of para-hydroxylation sites is 2. The number of amides is 1. The first-order chi connectivity index (χ1) is 13.3. The number of anilines is 1. The largest absolute Gasteiger partial charge is 0.322 e. The van der Waals surface area contributed by atoms with E-state index < -0.39 is 0 Å². The number of hydrogen-bond donors (Lipinski definition) is 1. The monoisotopic (exact) mass is 350 g/mol. The van der Waals surface area contributed by atoms with Crippen LogP contribution in [0.2, 0.25) is 0 Å². The lowest BCUT2D eigenvalue weighted by molar-refractivity contribution is 0.102. The second-order valence-electron chi connectivity index (χ2n) is 6.81. The van der Waals surface area contributed by atoms with E-state index in [9.17, 15) is 4.79 Å². The highest BCUT2D eigenvalue weighted by Gasteiger charge is 2.25. The minimum atomic E-state index is -0.0737. The maximum absolute atomic E-state index is 13.3. The Balaban J connectivity index is 1.73. The Morgan fingerprint density at radius 1 is 0.815 bits per heavy atom. The summed E-state index contributed by atoms with van der Waals surface area (Å²) in [5.41, 5.74) is 6.81. The summed E-state index contributed by atoms with van der Waals surface area (Å²) in [4.78, 5) is 18.2. The molecule has 1 heterocycles. The number of aromatic nitrogens is 1. The molecule has 1 amide bonds. The van der Waals surface area contributed by atoms with Crippen LogP contribution in [0.4, 0.5) is 5.69 Å². The second-order valence-corrected chi connectivity index (χ2v) is 6.81. The molecule has 0 atom stereocenters. The predicted molar refractivity (Wildman–Crippen MR) is 109 cm³/mol. The molecule has 130 valence electrons. The number of pyridine rings is 1. The normalized spacial score (nSPS) is 12.3. The van der Waals surface area contributed by atoms with Crippen LogP contribution in [0.25, 0.3) is 22.2 Å². The Morgan fingerprint density at radius 2 is 1.56 bits per heavy atom. The molecule has 0 fully saturated rings. The molecular formula is C24H18N2O. The van der Waals surface area contributed by atoms with Gasteiger partial charge in [0.15, 0.2) is 0 Å². The van der Waals surface area contributed by atoms with Gasteiger partial charge in [-0.15, -0.1) is 0 Å². The van der Waals surface area contributed by atoms with E-state index in [1.54, 1.807) is 0 Å². The summed E-state index contributed by atoms with van der Waals surface area (Å²) in [7, 11) is 0. The highest BCUT2D eigenvalue weighted by atomic mass is 16.1. The van der Waals surface area contributed by atoms with E-state index in [0.29, 0.717) is 0 Å². The SMILES string of the molecule is O=C(Nc1ccccc1)c1c2c(nc3ccccc13)-c1ccccc1CC2. The molecule has 0 saturated carbocycles. The molecule has 3 aromatic carbocycles. The number of nitrogens with one attached hydrogen (secondary N) is 1. The first-order valence-corrected chi connectivity index (χ1v) is 9.17. The molecule has 1 aliphatic carbocycles. The van der Waals surface area contributed by atoms with Gasteiger partial charge in [-0.1, -0.05) is 60.7 Å². The van der Waals surface area contributed by atoms with Crippen molar-refractivity contribution < 1.29 is 4.79 Å². The fraction of sp³-hybridized carbons (Fsp3) is 0.0833. The Kier molecular flexibility index (Phi) is 3.72.